The number of sulfonamides is 1. The lowest BCUT2D eigenvalue weighted by molar-refractivity contribution is -0.143. The molecule has 2 fully saturated rings. The summed E-state index contributed by atoms with van der Waals surface area (Å²) in [6.07, 6.45) is -3.39. The molecule has 2 aliphatic carbocycles. The second kappa shape index (κ2) is 16.8. The number of fused-ring (bicyclic) bond motifs is 2. The van der Waals surface area contributed by atoms with Gasteiger partial charge in [0, 0.05) is 34.4 Å². The summed E-state index contributed by atoms with van der Waals surface area (Å²) in [7, 11) is -7.48. The van der Waals surface area contributed by atoms with Crippen LogP contribution in [0.4, 0.5) is 36.6 Å². The van der Waals surface area contributed by atoms with E-state index in [1.54, 1.807) is 32.0 Å². The fourth-order valence-electron chi connectivity index (χ4n) is 8.80. The summed E-state index contributed by atoms with van der Waals surface area (Å²) in [6, 6.07) is 7.01. The van der Waals surface area contributed by atoms with Gasteiger partial charge < -0.3 is 10.1 Å². The zero-order valence-electron chi connectivity index (χ0n) is 36.1. The first-order valence-corrected chi connectivity index (χ1v) is 24.8. The van der Waals surface area contributed by atoms with Crippen molar-refractivity contribution in [2.45, 2.75) is 106 Å². The number of anilines is 1. The quantitative estimate of drug-likeness (QED) is 0.0980. The Bertz CT molecular complexity index is 2970. The number of nitrogens with one attached hydrogen (secondary N) is 2. The van der Waals surface area contributed by atoms with Gasteiger partial charge in [0.1, 0.15) is 23.9 Å². The lowest BCUT2D eigenvalue weighted by atomic mass is 9.93. The van der Waals surface area contributed by atoms with E-state index in [-0.39, 0.29) is 64.6 Å². The minimum absolute atomic E-state index is 0.00137. The Labute approximate surface area is 380 Å². The standard InChI is InChI=1S/C43H45ClF7N7O6S2/c1-21-22(2)42(47,48)39-34(21)38(43(49,50)51)54-57(39)18-33(59)53-32(16-23-14-24(45)17-25(46)15-23)36-29(9-6-26(52-36)12-13-41(3,4)66(62,63)28-7-8-28)30-10-11-31(44)35-37(30)58(27-19-64-20-27)55-40(35)56-65(5,60)61/h6,9-11,14-15,17,21-22,27-28,32H,7-8,12-13,16,18-20H2,1-5H3,(H,53,59)(H,55,56)/t21-,22+,32-/m0/s1. The molecular weight excluding hydrogens is 943 g/mol. The van der Waals surface area contributed by atoms with Gasteiger partial charge in [-0.2, -0.15) is 32.1 Å². The van der Waals surface area contributed by atoms with Crippen LogP contribution in [0.15, 0.2) is 42.5 Å². The predicted molar refractivity (Wildman–Crippen MR) is 230 cm³/mol. The molecule has 0 radical (unpaired) electrons. The summed E-state index contributed by atoms with van der Waals surface area (Å²) >= 11 is 6.75. The summed E-state index contributed by atoms with van der Waals surface area (Å²) in [5.74, 6) is -9.86. The van der Waals surface area contributed by atoms with Gasteiger partial charge in [0.15, 0.2) is 21.3 Å². The number of aryl methyl sites for hydroxylation is 1. The molecule has 0 unspecified atom stereocenters. The molecule has 1 amide bonds. The summed E-state index contributed by atoms with van der Waals surface area (Å²) < 4.78 is 165. The molecule has 4 heterocycles. The van der Waals surface area contributed by atoms with E-state index in [0.29, 0.717) is 34.8 Å². The number of halogens is 8. The Hall–Kier alpha value is -4.80. The van der Waals surface area contributed by atoms with E-state index in [4.69, 9.17) is 21.3 Å². The third-order valence-corrected chi connectivity index (χ3v) is 16.7. The molecule has 2 aromatic carbocycles. The minimum atomic E-state index is -5.14. The van der Waals surface area contributed by atoms with E-state index >= 15 is 8.78 Å². The fraction of sp³-hybridized carbons (Fsp3) is 0.488. The summed E-state index contributed by atoms with van der Waals surface area (Å²) in [4.78, 5) is 19.2. The first-order chi connectivity index (χ1) is 30.7. The average Bonchev–Trinajstić information content (AvgIpc) is 3.85. The highest BCUT2D eigenvalue weighted by Gasteiger charge is 2.57. The van der Waals surface area contributed by atoms with E-state index in [0.717, 1.165) is 25.3 Å². The van der Waals surface area contributed by atoms with Crippen molar-refractivity contribution >= 4 is 54.1 Å². The number of ether oxygens (including phenoxy) is 1. The van der Waals surface area contributed by atoms with Crippen molar-refractivity contribution in [3.05, 3.63) is 93.0 Å². The van der Waals surface area contributed by atoms with E-state index in [1.165, 1.54) is 17.7 Å². The largest absolute Gasteiger partial charge is 0.435 e. The third-order valence-electron chi connectivity index (χ3n) is 12.7. The second-order valence-corrected chi connectivity index (χ2v) is 23.0. The Morgan fingerprint density at radius 2 is 1.64 bits per heavy atom. The van der Waals surface area contributed by atoms with Gasteiger partial charge in [0.25, 0.3) is 5.92 Å². The van der Waals surface area contributed by atoms with Crippen LogP contribution in [0.25, 0.3) is 22.0 Å². The zero-order chi connectivity index (χ0) is 48.1. The van der Waals surface area contributed by atoms with Crippen LogP contribution in [0.2, 0.25) is 5.02 Å². The number of alkyl halides is 5. The SMILES string of the molecule is C[C@@H]1c2c(C(F)(F)F)nn(CC(=O)N[C@@H](Cc3cc(F)cc(F)c3)c3nc(CCC(C)(C)S(=O)(=O)C4CC4)ccc3-c3ccc(Cl)c4c(NS(C)(=O)=O)nn(C5COC5)c34)c2C(F)(F)[C@@H]1C. The topological polar surface area (TPSA) is 167 Å². The van der Waals surface area contributed by atoms with Crippen molar-refractivity contribution in [2.24, 2.45) is 5.92 Å². The van der Waals surface area contributed by atoms with Crippen molar-refractivity contribution in [1.29, 1.82) is 0 Å². The average molecular weight is 988 g/mol. The minimum Gasteiger partial charge on any atom is -0.377 e. The molecule has 5 aromatic rings. The van der Waals surface area contributed by atoms with Crippen LogP contribution in [0.5, 0.6) is 0 Å². The van der Waals surface area contributed by atoms with Gasteiger partial charge in [-0.1, -0.05) is 37.6 Å². The molecule has 1 saturated carbocycles. The lowest BCUT2D eigenvalue weighted by Gasteiger charge is -2.28. The fourth-order valence-corrected chi connectivity index (χ4v) is 11.6. The number of amides is 1. The monoisotopic (exact) mass is 987 g/mol. The van der Waals surface area contributed by atoms with Gasteiger partial charge in [-0.05, 0) is 81.7 Å². The van der Waals surface area contributed by atoms with E-state index < -0.39 is 113 Å². The number of nitrogens with zero attached hydrogens (tertiary/aromatic N) is 5. The molecule has 3 atom stereocenters. The third kappa shape index (κ3) is 8.89. The van der Waals surface area contributed by atoms with Crippen LogP contribution < -0.4 is 10.0 Å². The second-order valence-electron chi connectivity index (χ2n) is 18.0. The molecule has 1 saturated heterocycles. The first kappa shape index (κ1) is 47.7. The molecule has 356 valence electrons. The number of carbonyl (C=O) groups is 1. The number of hydrogen-bond acceptors (Lipinski definition) is 9. The zero-order valence-corrected chi connectivity index (χ0v) is 38.5. The molecule has 13 nitrogen and oxygen atoms in total. The summed E-state index contributed by atoms with van der Waals surface area (Å²) in [6.45, 7) is 4.76. The number of hydrogen-bond donors (Lipinski definition) is 2. The number of pyridine rings is 1. The van der Waals surface area contributed by atoms with Gasteiger partial charge in [0.05, 0.1) is 63.2 Å². The molecule has 23 heteroatoms. The van der Waals surface area contributed by atoms with E-state index in [1.807, 2.05) is 0 Å². The Morgan fingerprint density at radius 1 is 0.985 bits per heavy atom. The Morgan fingerprint density at radius 3 is 2.23 bits per heavy atom. The summed E-state index contributed by atoms with van der Waals surface area (Å²) in [5.41, 5.74) is -2.22. The van der Waals surface area contributed by atoms with Crippen LogP contribution in [0, 0.1) is 17.6 Å². The van der Waals surface area contributed by atoms with Gasteiger partial charge >= 0.3 is 6.18 Å². The van der Waals surface area contributed by atoms with E-state index in [9.17, 15) is 43.6 Å². The highest BCUT2D eigenvalue weighted by Crippen LogP contribution is 2.55. The molecular formula is C43H45ClF7N7O6S2. The van der Waals surface area contributed by atoms with Crippen LogP contribution >= 0.6 is 11.6 Å². The molecule has 3 aromatic heterocycles. The highest BCUT2D eigenvalue weighted by molar-refractivity contribution is 7.93. The van der Waals surface area contributed by atoms with Crippen molar-refractivity contribution in [3.8, 4) is 11.1 Å². The van der Waals surface area contributed by atoms with Crippen LogP contribution in [0.3, 0.4) is 0 Å². The van der Waals surface area contributed by atoms with Crippen molar-refractivity contribution in [1.82, 2.24) is 29.9 Å². The number of carbonyl (C=O) groups excluding carboxylic acids is 1. The van der Waals surface area contributed by atoms with Crippen molar-refractivity contribution in [3.63, 3.8) is 0 Å². The van der Waals surface area contributed by atoms with Gasteiger partial charge in [-0.25, -0.2) is 25.6 Å². The normalized spacial score (nSPS) is 19.5. The van der Waals surface area contributed by atoms with Crippen LogP contribution in [-0.2, 0) is 60.9 Å². The molecule has 0 bridgehead atoms. The number of benzene rings is 2. The maximum Gasteiger partial charge on any atom is 0.435 e. The van der Waals surface area contributed by atoms with Crippen LogP contribution in [0.1, 0.15) is 98.9 Å². The maximum atomic E-state index is 15.8. The number of aromatic nitrogens is 5. The van der Waals surface area contributed by atoms with Crippen LogP contribution in [-0.4, -0.2) is 76.8 Å². The Kier molecular flexibility index (Phi) is 12.1. The highest BCUT2D eigenvalue weighted by atomic mass is 35.5. The molecule has 1 aliphatic heterocycles. The Balaban J connectivity index is 1.30. The maximum absolute atomic E-state index is 15.8. The van der Waals surface area contributed by atoms with Crippen molar-refractivity contribution in [2.75, 3.05) is 24.2 Å². The lowest BCUT2D eigenvalue weighted by Crippen LogP contribution is -2.36. The number of sulfone groups is 1. The smallest absolute Gasteiger partial charge is 0.377 e. The number of rotatable bonds is 15. The first-order valence-electron chi connectivity index (χ1n) is 21.0. The predicted octanol–water partition coefficient (Wildman–Crippen LogP) is 8.42. The van der Waals surface area contributed by atoms with Crippen molar-refractivity contribution < 1.29 is 57.1 Å². The van der Waals surface area contributed by atoms with E-state index in [2.05, 4.69) is 20.2 Å². The molecule has 0 spiro atoms. The molecule has 3 aliphatic rings. The van der Waals surface area contributed by atoms with Gasteiger partial charge in [-0.3, -0.25) is 23.9 Å². The van der Waals surface area contributed by atoms with Gasteiger partial charge in [0.2, 0.25) is 15.9 Å². The molecule has 66 heavy (non-hydrogen) atoms. The van der Waals surface area contributed by atoms with Gasteiger partial charge in [-0.15, -0.1) is 0 Å². The molecule has 2 N–H and O–H groups in total. The summed E-state index contributed by atoms with van der Waals surface area (Å²) in [5, 5.41) is 10.5. The molecule has 8 rings (SSSR count).